The summed E-state index contributed by atoms with van der Waals surface area (Å²) in [4.78, 5) is 0. The molecule has 0 aliphatic heterocycles. The highest BCUT2D eigenvalue weighted by Gasteiger charge is 2.25. The first kappa shape index (κ1) is 8.55. The van der Waals surface area contributed by atoms with E-state index in [0.29, 0.717) is 5.92 Å². The van der Waals surface area contributed by atoms with Crippen molar-refractivity contribution < 1.29 is 0 Å². The van der Waals surface area contributed by atoms with Crippen LogP contribution in [0.25, 0.3) is 0 Å². The van der Waals surface area contributed by atoms with Gasteiger partial charge in [-0.15, -0.1) is 6.58 Å². The quantitative estimate of drug-likeness (QED) is 0.609. The van der Waals surface area contributed by atoms with E-state index in [0.717, 1.165) is 5.92 Å². The van der Waals surface area contributed by atoms with Crippen LogP contribution in [-0.4, -0.2) is 0 Å². The van der Waals surface area contributed by atoms with Crippen LogP contribution in [0.5, 0.6) is 0 Å². The molecule has 0 heterocycles. The molecule has 1 fully saturated rings. The highest BCUT2D eigenvalue weighted by Crippen LogP contribution is 2.39. The molecule has 1 saturated carbocycles. The molecule has 1 aromatic carbocycles. The second-order valence-electron chi connectivity index (χ2n) is 3.86. The standard InChI is InChI=1S/C13H16/c1-2-13(12-9-6-10-12)11-7-4-3-5-8-11/h2-5,7-8,12-13H,1,6,9-10H2. The number of rotatable bonds is 3. The van der Waals surface area contributed by atoms with Crippen molar-refractivity contribution in [2.24, 2.45) is 5.92 Å². The van der Waals surface area contributed by atoms with Crippen LogP contribution in [0.4, 0.5) is 0 Å². The molecule has 0 heteroatoms. The van der Waals surface area contributed by atoms with Gasteiger partial charge < -0.3 is 0 Å². The summed E-state index contributed by atoms with van der Waals surface area (Å²) in [5.41, 5.74) is 1.43. The lowest BCUT2D eigenvalue weighted by molar-refractivity contribution is 0.288. The van der Waals surface area contributed by atoms with Gasteiger partial charge in [0.1, 0.15) is 0 Å². The molecular weight excluding hydrogens is 156 g/mol. The molecule has 1 unspecified atom stereocenters. The van der Waals surface area contributed by atoms with Gasteiger partial charge in [0, 0.05) is 5.92 Å². The lowest BCUT2D eigenvalue weighted by atomic mass is 9.73. The monoisotopic (exact) mass is 172 g/mol. The van der Waals surface area contributed by atoms with Gasteiger partial charge >= 0.3 is 0 Å². The normalized spacial score (nSPS) is 19.1. The lowest BCUT2D eigenvalue weighted by Crippen LogP contribution is -2.18. The van der Waals surface area contributed by atoms with E-state index in [-0.39, 0.29) is 0 Å². The predicted octanol–water partition coefficient (Wildman–Crippen LogP) is 3.76. The SMILES string of the molecule is C=CC(c1ccccc1)C1CCC1. The second-order valence-corrected chi connectivity index (χ2v) is 3.86. The van der Waals surface area contributed by atoms with Crippen molar-refractivity contribution in [3.8, 4) is 0 Å². The summed E-state index contributed by atoms with van der Waals surface area (Å²) in [7, 11) is 0. The van der Waals surface area contributed by atoms with E-state index in [1.165, 1.54) is 24.8 Å². The van der Waals surface area contributed by atoms with Crippen LogP contribution < -0.4 is 0 Å². The van der Waals surface area contributed by atoms with Gasteiger partial charge in [0.05, 0.1) is 0 Å². The summed E-state index contributed by atoms with van der Waals surface area (Å²) in [6.07, 6.45) is 6.28. The van der Waals surface area contributed by atoms with Crippen molar-refractivity contribution in [2.75, 3.05) is 0 Å². The Morgan fingerprint density at radius 3 is 2.38 bits per heavy atom. The molecule has 68 valence electrons. The molecule has 1 aromatic rings. The zero-order valence-electron chi connectivity index (χ0n) is 7.95. The Bertz CT molecular complexity index is 269. The van der Waals surface area contributed by atoms with Gasteiger partial charge in [-0.25, -0.2) is 0 Å². The van der Waals surface area contributed by atoms with E-state index >= 15 is 0 Å². The van der Waals surface area contributed by atoms with E-state index in [2.05, 4.69) is 43.0 Å². The molecule has 0 radical (unpaired) electrons. The molecule has 1 aliphatic carbocycles. The van der Waals surface area contributed by atoms with Gasteiger partial charge in [-0.2, -0.15) is 0 Å². The molecule has 0 N–H and O–H groups in total. The Labute approximate surface area is 80.3 Å². The Hall–Kier alpha value is -1.04. The molecule has 2 rings (SSSR count). The highest BCUT2D eigenvalue weighted by atomic mass is 14.3. The largest absolute Gasteiger partial charge is 0.102 e. The minimum Gasteiger partial charge on any atom is -0.102 e. The Kier molecular flexibility index (Phi) is 2.49. The summed E-state index contributed by atoms with van der Waals surface area (Å²) in [6.45, 7) is 3.94. The van der Waals surface area contributed by atoms with Crippen LogP contribution in [0.2, 0.25) is 0 Å². The van der Waals surface area contributed by atoms with Gasteiger partial charge in [-0.05, 0) is 24.3 Å². The van der Waals surface area contributed by atoms with E-state index in [4.69, 9.17) is 0 Å². The Balaban J connectivity index is 2.16. The van der Waals surface area contributed by atoms with Crippen LogP contribution in [0.15, 0.2) is 43.0 Å². The van der Waals surface area contributed by atoms with E-state index in [9.17, 15) is 0 Å². The van der Waals surface area contributed by atoms with E-state index in [1.54, 1.807) is 0 Å². The molecule has 13 heavy (non-hydrogen) atoms. The fourth-order valence-corrected chi connectivity index (χ4v) is 2.07. The summed E-state index contributed by atoms with van der Waals surface area (Å²) in [5, 5.41) is 0. The summed E-state index contributed by atoms with van der Waals surface area (Å²) >= 11 is 0. The average molecular weight is 172 g/mol. The van der Waals surface area contributed by atoms with Gasteiger partial charge in [0.15, 0.2) is 0 Å². The summed E-state index contributed by atoms with van der Waals surface area (Å²) in [6, 6.07) is 10.7. The first-order chi connectivity index (χ1) is 6.42. The fraction of sp³-hybridized carbons (Fsp3) is 0.385. The third-order valence-corrected chi connectivity index (χ3v) is 3.10. The van der Waals surface area contributed by atoms with Crippen LogP contribution in [0, 0.1) is 5.92 Å². The zero-order chi connectivity index (χ0) is 9.10. The van der Waals surface area contributed by atoms with Crippen LogP contribution in [0.1, 0.15) is 30.7 Å². The molecule has 0 saturated heterocycles. The molecule has 0 spiro atoms. The van der Waals surface area contributed by atoms with Crippen molar-refractivity contribution in [3.05, 3.63) is 48.6 Å². The Morgan fingerprint density at radius 2 is 1.92 bits per heavy atom. The second kappa shape index (κ2) is 3.78. The minimum atomic E-state index is 0.593. The molecule has 0 amide bonds. The first-order valence-corrected chi connectivity index (χ1v) is 5.09. The highest BCUT2D eigenvalue weighted by molar-refractivity contribution is 5.24. The van der Waals surface area contributed by atoms with Crippen molar-refractivity contribution in [2.45, 2.75) is 25.2 Å². The number of hydrogen-bond donors (Lipinski definition) is 0. The predicted molar refractivity (Wildman–Crippen MR) is 56.7 cm³/mol. The van der Waals surface area contributed by atoms with Crippen molar-refractivity contribution >= 4 is 0 Å². The minimum absolute atomic E-state index is 0.593. The third kappa shape index (κ3) is 1.67. The van der Waals surface area contributed by atoms with Crippen molar-refractivity contribution in [1.82, 2.24) is 0 Å². The molecule has 0 aromatic heterocycles. The molecule has 1 aliphatic rings. The topological polar surface area (TPSA) is 0 Å². The maximum Gasteiger partial charge on any atom is 0.00435 e. The van der Waals surface area contributed by atoms with Gasteiger partial charge in [-0.3, -0.25) is 0 Å². The Morgan fingerprint density at radius 1 is 1.23 bits per heavy atom. The zero-order valence-corrected chi connectivity index (χ0v) is 7.95. The smallest absolute Gasteiger partial charge is 0.00435 e. The maximum absolute atomic E-state index is 3.94. The summed E-state index contributed by atoms with van der Waals surface area (Å²) < 4.78 is 0. The van der Waals surface area contributed by atoms with E-state index in [1.807, 2.05) is 0 Å². The van der Waals surface area contributed by atoms with E-state index < -0.39 is 0 Å². The summed E-state index contributed by atoms with van der Waals surface area (Å²) in [5.74, 6) is 1.45. The molecular formula is C13H16. The van der Waals surface area contributed by atoms with Gasteiger partial charge in [0.2, 0.25) is 0 Å². The van der Waals surface area contributed by atoms with Crippen molar-refractivity contribution in [1.29, 1.82) is 0 Å². The molecule has 1 atom stereocenters. The average Bonchev–Trinajstić information content (AvgIpc) is 2.12. The number of benzene rings is 1. The first-order valence-electron chi connectivity index (χ1n) is 5.09. The van der Waals surface area contributed by atoms with Gasteiger partial charge in [0.25, 0.3) is 0 Å². The lowest BCUT2D eigenvalue weighted by Gasteiger charge is -2.32. The fourth-order valence-electron chi connectivity index (χ4n) is 2.07. The maximum atomic E-state index is 3.94. The van der Waals surface area contributed by atoms with Gasteiger partial charge in [-0.1, -0.05) is 42.8 Å². The number of hydrogen-bond acceptors (Lipinski definition) is 0. The van der Waals surface area contributed by atoms with Crippen LogP contribution >= 0.6 is 0 Å². The van der Waals surface area contributed by atoms with Crippen LogP contribution in [0.3, 0.4) is 0 Å². The number of allylic oxidation sites excluding steroid dienone is 1. The molecule has 0 bridgehead atoms. The van der Waals surface area contributed by atoms with Crippen molar-refractivity contribution in [3.63, 3.8) is 0 Å². The third-order valence-electron chi connectivity index (χ3n) is 3.10. The van der Waals surface area contributed by atoms with Crippen LogP contribution in [-0.2, 0) is 0 Å². The molecule has 0 nitrogen and oxygen atoms in total.